The van der Waals surface area contributed by atoms with E-state index in [0.29, 0.717) is 18.0 Å². The highest BCUT2D eigenvalue weighted by Gasteiger charge is 2.21. The molecule has 1 aromatic rings. The predicted octanol–water partition coefficient (Wildman–Crippen LogP) is 2.99. The van der Waals surface area contributed by atoms with Crippen molar-refractivity contribution in [2.45, 2.75) is 38.5 Å². The van der Waals surface area contributed by atoms with Gasteiger partial charge in [-0.05, 0) is 24.1 Å². The fourth-order valence-corrected chi connectivity index (χ4v) is 2.01. The van der Waals surface area contributed by atoms with Gasteiger partial charge in [0.2, 0.25) is 5.91 Å². The van der Waals surface area contributed by atoms with Crippen LogP contribution in [0.1, 0.15) is 38.7 Å². The van der Waals surface area contributed by atoms with Gasteiger partial charge in [-0.25, -0.2) is 0 Å². The van der Waals surface area contributed by atoms with Crippen molar-refractivity contribution >= 4 is 23.5 Å². The molecule has 0 unspecified atom stereocenters. The molecule has 0 saturated carbocycles. The molecule has 0 radical (unpaired) electrons. The number of hydrogen-bond donors (Lipinski definition) is 2. The van der Waals surface area contributed by atoms with E-state index in [1.54, 1.807) is 0 Å². The number of aliphatic carboxylic acids is 1. The van der Waals surface area contributed by atoms with Crippen molar-refractivity contribution in [2.75, 3.05) is 6.54 Å². The number of rotatable bonds is 7. The number of nitrogens with one attached hydrogen (secondary N) is 1. The van der Waals surface area contributed by atoms with Gasteiger partial charge in [0.1, 0.15) is 0 Å². The summed E-state index contributed by atoms with van der Waals surface area (Å²) in [5.41, 5.74) is 0.823. The van der Waals surface area contributed by atoms with Crippen LogP contribution in [0.3, 0.4) is 0 Å². The average molecular weight is 298 g/mol. The lowest BCUT2D eigenvalue weighted by molar-refractivity contribution is -0.137. The second-order valence-electron chi connectivity index (χ2n) is 5.42. The lowest BCUT2D eigenvalue weighted by Gasteiger charge is -2.26. The molecule has 0 fully saturated rings. The maximum absolute atomic E-state index is 11.6. The Bertz CT molecular complexity index is 486. The number of carboxylic acids is 1. The molecule has 0 bridgehead atoms. The van der Waals surface area contributed by atoms with Crippen molar-refractivity contribution in [1.82, 2.24) is 5.32 Å². The van der Waals surface area contributed by atoms with E-state index < -0.39 is 5.97 Å². The second kappa shape index (κ2) is 7.29. The fraction of sp³-hybridized carbons (Fsp3) is 0.467. The molecule has 2 N–H and O–H groups in total. The molecule has 0 saturated heterocycles. The van der Waals surface area contributed by atoms with E-state index in [0.717, 1.165) is 5.56 Å². The molecule has 5 heteroatoms. The van der Waals surface area contributed by atoms with Crippen molar-refractivity contribution in [3.8, 4) is 0 Å². The number of hydrogen-bond acceptors (Lipinski definition) is 2. The molecule has 0 aliphatic heterocycles. The standard InChI is InChI=1S/C15H20ClNO3/c1-15(2,11-5-3-6-12(16)9-11)10-17-13(18)7-4-8-14(19)20/h3,5-6,9H,4,7-8,10H2,1-2H3,(H,17,18)(H,19,20). The lowest BCUT2D eigenvalue weighted by atomic mass is 9.84. The first-order valence-corrected chi connectivity index (χ1v) is 6.93. The largest absolute Gasteiger partial charge is 0.481 e. The summed E-state index contributed by atoms with van der Waals surface area (Å²) in [5, 5.41) is 12.0. The quantitative estimate of drug-likeness (QED) is 0.813. The van der Waals surface area contributed by atoms with Gasteiger partial charge in [0, 0.05) is 29.8 Å². The van der Waals surface area contributed by atoms with Crippen LogP contribution in [0.2, 0.25) is 5.02 Å². The molecule has 0 heterocycles. The number of benzene rings is 1. The normalized spacial score (nSPS) is 11.2. The van der Waals surface area contributed by atoms with Crippen LogP contribution in [0.5, 0.6) is 0 Å². The van der Waals surface area contributed by atoms with Crippen LogP contribution in [0.25, 0.3) is 0 Å². The highest BCUT2D eigenvalue weighted by Crippen LogP contribution is 2.24. The highest BCUT2D eigenvalue weighted by atomic mass is 35.5. The smallest absolute Gasteiger partial charge is 0.303 e. The first-order valence-electron chi connectivity index (χ1n) is 6.56. The molecule has 0 atom stereocenters. The molecule has 0 spiro atoms. The zero-order valence-electron chi connectivity index (χ0n) is 11.8. The number of carboxylic acid groups (broad SMARTS) is 1. The molecule has 1 rings (SSSR count). The number of halogens is 1. The summed E-state index contributed by atoms with van der Waals surface area (Å²) in [6, 6.07) is 7.56. The van der Waals surface area contributed by atoms with Crippen LogP contribution in [-0.2, 0) is 15.0 Å². The Morgan fingerprint density at radius 3 is 2.60 bits per heavy atom. The van der Waals surface area contributed by atoms with E-state index in [9.17, 15) is 9.59 Å². The minimum absolute atomic E-state index is 0.0190. The Labute approximate surface area is 124 Å². The summed E-state index contributed by atoms with van der Waals surface area (Å²) >= 11 is 5.97. The van der Waals surface area contributed by atoms with Crippen LogP contribution < -0.4 is 5.32 Å². The maximum atomic E-state index is 11.6. The van der Waals surface area contributed by atoms with Gasteiger partial charge in [-0.1, -0.05) is 37.6 Å². The molecule has 0 aromatic heterocycles. The van der Waals surface area contributed by atoms with E-state index >= 15 is 0 Å². The van der Waals surface area contributed by atoms with E-state index in [2.05, 4.69) is 5.32 Å². The van der Waals surface area contributed by atoms with Crippen molar-refractivity contribution in [1.29, 1.82) is 0 Å². The minimum Gasteiger partial charge on any atom is -0.481 e. The molecule has 20 heavy (non-hydrogen) atoms. The van der Waals surface area contributed by atoms with E-state index in [1.807, 2.05) is 38.1 Å². The summed E-state index contributed by atoms with van der Waals surface area (Å²) in [4.78, 5) is 22.0. The molecule has 1 amide bonds. The minimum atomic E-state index is -0.878. The van der Waals surface area contributed by atoms with Crippen LogP contribution in [0.4, 0.5) is 0 Å². The van der Waals surface area contributed by atoms with Crippen molar-refractivity contribution in [3.05, 3.63) is 34.9 Å². The van der Waals surface area contributed by atoms with Crippen molar-refractivity contribution < 1.29 is 14.7 Å². The number of carbonyl (C=O) groups excluding carboxylic acids is 1. The van der Waals surface area contributed by atoms with Gasteiger partial charge in [-0.3, -0.25) is 9.59 Å². The average Bonchev–Trinajstić information content (AvgIpc) is 2.36. The monoisotopic (exact) mass is 297 g/mol. The molecule has 110 valence electrons. The molecule has 1 aromatic carbocycles. The van der Waals surface area contributed by atoms with Crippen molar-refractivity contribution in [2.24, 2.45) is 0 Å². The topological polar surface area (TPSA) is 66.4 Å². The zero-order valence-corrected chi connectivity index (χ0v) is 12.5. The third kappa shape index (κ3) is 5.61. The summed E-state index contributed by atoms with van der Waals surface area (Å²) in [6.07, 6.45) is 0.613. The van der Waals surface area contributed by atoms with Crippen LogP contribution >= 0.6 is 11.6 Å². The van der Waals surface area contributed by atoms with Crippen molar-refractivity contribution in [3.63, 3.8) is 0 Å². The molecule has 0 aliphatic rings. The van der Waals surface area contributed by atoms with Gasteiger partial charge in [0.25, 0.3) is 0 Å². The van der Waals surface area contributed by atoms with Gasteiger partial charge in [-0.2, -0.15) is 0 Å². The summed E-state index contributed by atoms with van der Waals surface area (Å²) in [6.45, 7) is 4.53. The number of carbonyl (C=O) groups is 2. The maximum Gasteiger partial charge on any atom is 0.303 e. The second-order valence-corrected chi connectivity index (χ2v) is 5.85. The molecular formula is C15H20ClNO3. The molecule has 4 nitrogen and oxygen atoms in total. The summed E-state index contributed by atoms with van der Waals surface area (Å²) < 4.78 is 0. The Kier molecular flexibility index (Phi) is 6.02. The van der Waals surface area contributed by atoms with Gasteiger partial charge >= 0.3 is 5.97 Å². The summed E-state index contributed by atoms with van der Waals surface area (Å²) in [5.74, 6) is -1.00. The SMILES string of the molecule is CC(C)(CNC(=O)CCCC(=O)O)c1cccc(Cl)c1. The van der Waals surface area contributed by atoms with E-state index in [1.165, 1.54) is 0 Å². The molecule has 0 aliphatic carbocycles. The Morgan fingerprint density at radius 2 is 2.00 bits per heavy atom. The molecular weight excluding hydrogens is 278 g/mol. The first kappa shape index (κ1) is 16.5. The Morgan fingerprint density at radius 1 is 1.30 bits per heavy atom. The third-order valence-electron chi connectivity index (χ3n) is 3.13. The predicted molar refractivity (Wildman–Crippen MR) is 79.0 cm³/mol. The van der Waals surface area contributed by atoms with E-state index in [-0.39, 0.29) is 24.2 Å². The van der Waals surface area contributed by atoms with Gasteiger partial charge in [-0.15, -0.1) is 0 Å². The first-order chi connectivity index (χ1) is 9.31. The van der Waals surface area contributed by atoms with E-state index in [4.69, 9.17) is 16.7 Å². The Balaban J connectivity index is 2.47. The fourth-order valence-electron chi connectivity index (χ4n) is 1.82. The highest BCUT2D eigenvalue weighted by molar-refractivity contribution is 6.30. The zero-order chi connectivity index (χ0) is 15.2. The van der Waals surface area contributed by atoms with Gasteiger partial charge in [0.15, 0.2) is 0 Å². The number of amides is 1. The third-order valence-corrected chi connectivity index (χ3v) is 3.36. The van der Waals surface area contributed by atoms with Crippen LogP contribution in [-0.4, -0.2) is 23.5 Å². The van der Waals surface area contributed by atoms with Gasteiger partial charge in [0.05, 0.1) is 0 Å². The van der Waals surface area contributed by atoms with Crippen LogP contribution in [0, 0.1) is 0 Å². The summed E-state index contributed by atoms with van der Waals surface area (Å²) in [7, 11) is 0. The van der Waals surface area contributed by atoms with Gasteiger partial charge < -0.3 is 10.4 Å². The van der Waals surface area contributed by atoms with Crippen LogP contribution in [0.15, 0.2) is 24.3 Å². The lowest BCUT2D eigenvalue weighted by Crippen LogP contribution is -2.36. The Hall–Kier alpha value is -1.55.